The Hall–Kier alpha value is -4.32. The third-order valence-electron chi connectivity index (χ3n) is 5.50. The average Bonchev–Trinajstić information content (AvgIpc) is 3.18. The third kappa shape index (κ3) is 4.65. The number of piperidine rings is 1. The summed E-state index contributed by atoms with van der Waals surface area (Å²) in [4.78, 5) is 30.3. The van der Waals surface area contributed by atoms with E-state index in [4.69, 9.17) is 16.2 Å². The van der Waals surface area contributed by atoms with Crippen LogP contribution in [-0.4, -0.2) is 44.6 Å². The minimum atomic E-state index is -0.663. The maximum Gasteiger partial charge on any atom is 0.298 e. The van der Waals surface area contributed by atoms with Crippen LogP contribution in [-0.2, 0) is 4.79 Å². The molecule has 2 aromatic heterocycles. The van der Waals surface area contributed by atoms with Gasteiger partial charge in [0.15, 0.2) is 0 Å². The minimum absolute atomic E-state index is 0.0656. The number of likely N-dealkylation sites (tertiary alicyclic amines) is 1. The number of carbonyl (C=O) groups is 2. The van der Waals surface area contributed by atoms with Gasteiger partial charge in [0.05, 0.1) is 6.04 Å². The number of nitrogens with two attached hydrogens (primary N) is 2. The Labute approximate surface area is 191 Å². The predicted octanol–water partition coefficient (Wildman–Crippen LogP) is 2.61. The molecule has 9 heteroatoms. The number of ether oxygens (including phenoxy) is 1. The number of nitrogens with zero attached hydrogens (tertiary/aromatic N) is 4. The quantitative estimate of drug-likeness (QED) is 0.582. The number of primary amides is 1. The first kappa shape index (κ1) is 21.9. The van der Waals surface area contributed by atoms with Crippen LogP contribution in [0.15, 0.2) is 48.7 Å². The van der Waals surface area contributed by atoms with Crippen molar-refractivity contribution in [2.75, 3.05) is 18.8 Å². The predicted molar refractivity (Wildman–Crippen MR) is 123 cm³/mol. The fourth-order valence-corrected chi connectivity index (χ4v) is 3.86. The zero-order valence-electron chi connectivity index (χ0n) is 18.2. The minimum Gasteiger partial charge on any atom is -0.439 e. The Morgan fingerprint density at radius 1 is 1.12 bits per heavy atom. The lowest BCUT2D eigenvalue weighted by molar-refractivity contribution is -0.126. The summed E-state index contributed by atoms with van der Waals surface area (Å²) in [5.41, 5.74) is 13.1. The second-order valence-corrected chi connectivity index (χ2v) is 7.62. The standard InChI is InChI=1S/C24H24N6O3/c1-2-6-20(31)29-13-11-17(12-14-29)30-23(25)21(24(26)32)22(28-30)16-9-10-19(27-15-16)33-18-7-4-3-5-8-18/h3-5,7-10,15,17H,11-14,25H2,1H3,(H2,26,32). The molecule has 0 spiro atoms. The van der Waals surface area contributed by atoms with Crippen molar-refractivity contribution in [3.63, 3.8) is 0 Å². The van der Waals surface area contributed by atoms with Crippen LogP contribution in [0.1, 0.15) is 36.2 Å². The van der Waals surface area contributed by atoms with E-state index in [1.807, 2.05) is 30.3 Å². The van der Waals surface area contributed by atoms with Gasteiger partial charge < -0.3 is 21.1 Å². The van der Waals surface area contributed by atoms with Crippen LogP contribution in [0.5, 0.6) is 11.6 Å². The highest BCUT2D eigenvalue weighted by atomic mass is 16.5. The lowest BCUT2D eigenvalue weighted by Crippen LogP contribution is -2.38. The molecule has 1 aromatic carbocycles. The maximum absolute atomic E-state index is 12.2. The van der Waals surface area contributed by atoms with Crippen LogP contribution in [0, 0.1) is 11.8 Å². The lowest BCUT2D eigenvalue weighted by atomic mass is 10.0. The molecule has 0 bridgehead atoms. The smallest absolute Gasteiger partial charge is 0.298 e. The van der Waals surface area contributed by atoms with Crippen LogP contribution in [0.3, 0.4) is 0 Å². The first-order chi connectivity index (χ1) is 16.0. The number of benzene rings is 1. The van der Waals surface area contributed by atoms with Crippen molar-refractivity contribution in [3.8, 4) is 34.7 Å². The van der Waals surface area contributed by atoms with Crippen molar-refractivity contribution in [2.24, 2.45) is 5.73 Å². The van der Waals surface area contributed by atoms with E-state index < -0.39 is 5.91 Å². The van der Waals surface area contributed by atoms with E-state index in [-0.39, 0.29) is 23.3 Å². The Bertz CT molecular complexity index is 1220. The molecule has 3 aromatic rings. The molecule has 33 heavy (non-hydrogen) atoms. The van der Waals surface area contributed by atoms with Crippen molar-refractivity contribution >= 4 is 17.6 Å². The van der Waals surface area contributed by atoms with Gasteiger partial charge in [0.1, 0.15) is 22.8 Å². The van der Waals surface area contributed by atoms with Gasteiger partial charge in [-0.3, -0.25) is 9.59 Å². The molecular weight excluding hydrogens is 420 g/mol. The van der Waals surface area contributed by atoms with Gasteiger partial charge in [-0.05, 0) is 43.9 Å². The van der Waals surface area contributed by atoms with Crippen LogP contribution >= 0.6 is 0 Å². The topological polar surface area (TPSA) is 129 Å². The highest BCUT2D eigenvalue weighted by molar-refractivity contribution is 6.03. The van der Waals surface area contributed by atoms with Gasteiger partial charge >= 0.3 is 0 Å². The van der Waals surface area contributed by atoms with E-state index in [0.29, 0.717) is 48.8 Å². The van der Waals surface area contributed by atoms with Crippen molar-refractivity contribution in [2.45, 2.75) is 25.8 Å². The number of rotatable bonds is 5. The number of amides is 2. The number of anilines is 1. The molecular formula is C24H24N6O3. The Morgan fingerprint density at radius 3 is 2.45 bits per heavy atom. The summed E-state index contributed by atoms with van der Waals surface area (Å²) in [5, 5.41) is 4.62. The fraction of sp³-hybridized carbons (Fsp3) is 0.250. The molecule has 168 valence electrons. The van der Waals surface area contributed by atoms with Crippen LogP contribution < -0.4 is 16.2 Å². The summed E-state index contributed by atoms with van der Waals surface area (Å²) in [6.45, 7) is 2.70. The number of hydrogen-bond acceptors (Lipinski definition) is 6. The monoisotopic (exact) mass is 444 g/mol. The largest absolute Gasteiger partial charge is 0.439 e. The summed E-state index contributed by atoms with van der Waals surface area (Å²) in [6.07, 6.45) is 2.85. The fourth-order valence-electron chi connectivity index (χ4n) is 3.86. The van der Waals surface area contributed by atoms with Gasteiger partial charge in [0, 0.05) is 30.9 Å². The average molecular weight is 444 g/mol. The van der Waals surface area contributed by atoms with E-state index in [2.05, 4.69) is 21.9 Å². The van der Waals surface area contributed by atoms with Crippen molar-refractivity contribution in [1.82, 2.24) is 19.7 Å². The van der Waals surface area contributed by atoms with Crippen LogP contribution in [0.2, 0.25) is 0 Å². The summed E-state index contributed by atoms with van der Waals surface area (Å²) < 4.78 is 7.36. The molecule has 1 aliphatic rings. The Kier molecular flexibility index (Phi) is 6.26. The molecule has 4 rings (SSSR count). The van der Waals surface area contributed by atoms with E-state index >= 15 is 0 Å². The maximum atomic E-state index is 12.2. The van der Waals surface area contributed by atoms with Gasteiger partial charge in [-0.2, -0.15) is 5.10 Å². The molecule has 0 saturated carbocycles. The first-order valence-electron chi connectivity index (χ1n) is 10.6. The summed E-state index contributed by atoms with van der Waals surface area (Å²) in [6, 6.07) is 12.7. The number of hydrogen-bond donors (Lipinski definition) is 2. The van der Waals surface area contributed by atoms with Crippen LogP contribution in [0.25, 0.3) is 11.3 Å². The van der Waals surface area contributed by atoms with Crippen molar-refractivity contribution < 1.29 is 14.3 Å². The molecule has 1 fully saturated rings. The molecule has 9 nitrogen and oxygen atoms in total. The van der Waals surface area contributed by atoms with E-state index in [0.717, 1.165) is 0 Å². The highest BCUT2D eigenvalue weighted by Crippen LogP contribution is 2.33. The normalized spacial score (nSPS) is 13.8. The van der Waals surface area contributed by atoms with Gasteiger partial charge in [0.25, 0.3) is 11.8 Å². The van der Waals surface area contributed by atoms with Crippen LogP contribution in [0.4, 0.5) is 5.82 Å². The van der Waals surface area contributed by atoms with Gasteiger partial charge in [0.2, 0.25) is 5.88 Å². The number of para-hydroxylation sites is 1. The van der Waals surface area contributed by atoms with Crippen molar-refractivity contribution in [1.29, 1.82) is 0 Å². The Balaban J connectivity index is 1.57. The van der Waals surface area contributed by atoms with Gasteiger partial charge in [-0.1, -0.05) is 24.1 Å². The van der Waals surface area contributed by atoms with E-state index in [1.54, 1.807) is 34.8 Å². The molecule has 4 N–H and O–H groups in total. The summed E-state index contributed by atoms with van der Waals surface area (Å²) >= 11 is 0. The van der Waals surface area contributed by atoms with E-state index in [9.17, 15) is 9.59 Å². The molecule has 0 radical (unpaired) electrons. The molecule has 0 aliphatic carbocycles. The second-order valence-electron chi connectivity index (χ2n) is 7.62. The number of carbonyl (C=O) groups excluding carboxylic acids is 2. The molecule has 0 atom stereocenters. The number of pyridine rings is 1. The molecule has 1 aliphatic heterocycles. The van der Waals surface area contributed by atoms with Crippen molar-refractivity contribution in [3.05, 3.63) is 54.2 Å². The number of aromatic nitrogens is 3. The zero-order valence-corrected chi connectivity index (χ0v) is 18.2. The lowest BCUT2D eigenvalue weighted by Gasteiger charge is -2.31. The zero-order chi connectivity index (χ0) is 23.4. The number of nitrogen functional groups attached to an aromatic ring is 1. The molecule has 0 unspecified atom stereocenters. The second kappa shape index (κ2) is 9.44. The first-order valence-corrected chi connectivity index (χ1v) is 10.6. The van der Waals surface area contributed by atoms with Gasteiger partial charge in [-0.25, -0.2) is 9.67 Å². The van der Waals surface area contributed by atoms with Gasteiger partial charge in [-0.15, -0.1) is 0 Å². The van der Waals surface area contributed by atoms with E-state index in [1.165, 1.54) is 0 Å². The SMILES string of the molecule is CC#CC(=O)N1CCC(n2nc(-c3ccc(Oc4ccccc4)nc3)c(C(N)=O)c2N)CC1. The summed E-state index contributed by atoms with van der Waals surface area (Å²) in [5.74, 6) is 5.62. The molecule has 2 amide bonds. The summed E-state index contributed by atoms with van der Waals surface area (Å²) in [7, 11) is 0. The molecule has 1 saturated heterocycles. The Morgan fingerprint density at radius 2 is 1.85 bits per heavy atom. The molecule has 3 heterocycles. The third-order valence-corrected chi connectivity index (χ3v) is 5.50. The highest BCUT2D eigenvalue weighted by Gasteiger charge is 2.29.